The summed E-state index contributed by atoms with van der Waals surface area (Å²) in [6, 6.07) is 3.15. The van der Waals surface area contributed by atoms with E-state index in [1.807, 2.05) is 0 Å². The Balaban J connectivity index is 3.39. The van der Waals surface area contributed by atoms with Crippen molar-refractivity contribution in [1.29, 1.82) is 0 Å². The summed E-state index contributed by atoms with van der Waals surface area (Å²) in [4.78, 5) is 0. The zero-order valence-electron chi connectivity index (χ0n) is 8.55. The van der Waals surface area contributed by atoms with Gasteiger partial charge in [-0.3, -0.25) is 0 Å². The van der Waals surface area contributed by atoms with E-state index >= 15 is 0 Å². The van der Waals surface area contributed by atoms with Crippen LogP contribution in [0.3, 0.4) is 0 Å². The van der Waals surface area contributed by atoms with Crippen molar-refractivity contribution in [2.24, 2.45) is 5.73 Å². The average molecular weight is 250 g/mol. The van der Waals surface area contributed by atoms with Gasteiger partial charge in [0.1, 0.15) is 11.4 Å². The number of nitrogens with two attached hydrogens (primary N) is 1. The summed E-state index contributed by atoms with van der Waals surface area (Å²) < 4.78 is 5.11. The molecule has 1 atom stereocenters. The number of aliphatic hydroxyl groups is 1. The maximum atomic E-state index is 10.0. The lowest BCUT2D eigenvalue weighted by Crippen LogP contribution is -2.31. The second-order valence-corrected chi connectivity index (χ2v) is 4.29. The largest absolute Gasteiger partial charge is 0.495 e. The van der Waals surface area contributed by atoms with Crippen LogP contribution in [0.25, 0.3) is 0 Å². The Morgan fingerprint density at radius 1 is 1.47 bits per heavy atom. The number of rotatable bonds is 3. The van der Waals surface area contributed by atoms with E-state index < -0.39 is 5.60 Å². The van der Waals surface area contributed by atoms with E-state index in [9.17, 15) is 5.11 Å². The van der Waals surface area contributed by atoms with Gasteiger partial charge in [0, 0.05) is 17.1 Å². The van der Waals surface area contributed by atoms with Crippen molar-refractivity contribution in [2.75, 3.05) is 13.7 Å². The van der Waals surface area contributed by atoms with Crippen LogP contribution in [0, 0.1) is 0 Å². The Labute approximate surface area is 98.7 Å². The van der Waals surface area contributed by atoms with Crippen LogP contribution in [0.2, 0.25) is 10.0 Å². The highest BCUT2D eigenvalue weighted by Crippen LogP contribution is 2.37. The Kier molecular flexibility index (Phi) is 3.84. The summed E-state index contributed by atoms with van der Waals surface area (Å²) >= 11 is 11.8. The van der Waals surface area contributed by atoms with E-state index in [4.69, 9.17) is 33.7 Å². The topological polar surface area (TPSA) is 55.5 Å². The Morgan fingerprint density at radius 2 is 2.07 bits per heavy atom. The zero-order chi connectivity index (χ0) is 11.6. The number of methoxy groups -OCH3 is 1. The molecule has 0 bridgehead atoms. The third kappa shape index (κ3) is 2.55. The summed E-state index contributed by atoms with van der Waals surface area (Å²) in [7, 11) is 1.48. The first-order valence-corrected chi connectivity index (χ1v) is 5.14. The van der Waals surface area contributed by atoms with Crippen molar-refractivity contribution in [3.05, 3.63) is 27.7 Å². The highest BCUT2D eigenvalue weighted by Gasteiger charge is 2.27. The molecule has 0 aliphatic carbocycles. The molecule has 15 heavy (non-hydrogen) atoms. The molecule has 1 rings (SSSR count). The third-order valence-electron chi connectivity index (χ3n) is 2.19. The SMILES string of the molecule is COc1c(Cl)cc(Cl)cc1C(C)(O)CN. The molecule has 0 saturated heterocycles. The summed E-state index contributed by atoms with van der Waals surface area (Å²) in [6.07, 6.45) is 0. The molecule has 0 spiro atoms. The maximum absolute atomic E-state index is 10.0. The number of benzene rings is 1. The van der Waals surface area contributed by atoms with E-state index in [0.29, 0.717) is 21.4 Å². The van der Waals surface area contributed by atoms with Crippen LogP contribution >= 0.6 is 23.2 Å². The Morgan fingerprint density at radius 3 is 2.53 bits per heavy atom. The van der Waals surface area contributed by atoms with Crippen molar-refractivity contribution >= 4 is 23.2 Å². The van der Waals surface area contributed by atoms with Gasteiger partial charge in [-0.15, -0.1) is 0 Å². The minimum atomic E-state index is -1.21. The lowest BCUT2D eigenvalue weighted by atomic mass is 9.95. The van der Waals surface area contributed by atoms with E-state index in [1.165, 1.54) is 7.11 Å². The molecule has 0 aliphatic heterocycles. The van der Waals surface area contributed by atoms with Crippen LogP contribution in [-0.2, 0) is 5.60 Å². The molecule has 3 nitrogen and oxygen atoms in total. The summed E-state index contributed by atoms with van der Waals surface area (Å²) in [5.41, 5.74) is 4.75. The molecule has 0 radical (unpaired) electrons. The molecule has 0 saturated carbocycles. The third-order valence-corrected chi connectivity index (χ3v) is 2.69. The highest BCUT2D eigenvalue weighted by atomic mass is 35.5. The minimum Gasteiger partial charge on any atom is -0.495 e. The van der Waals surface area contributed by atoms with E-state index in [2.05, 4.69) is 0 Å². The molecule has 3 N–H and O–H groups in total. The molecular formula is C10H13Cl2NO2. The molecule has 1 aromatic rings. The molecular weight excluding hydrogens is 237 g/mol. The molecule has 84 valence electrons. The first-order chi connectivity index (χ1) is 6.92. The maximum Gasteiger partial charge on any atom is 0.143 e. The van der Waals surface area contributed by atoms with E-state index in [1.54, 1.807) is 19.1 Å². The van der Waals surface area contributed by atoms with Gasteiger partial charge in [-0.2, -0.15) is 0 Å². The smallest absolute Gasteiger partial charge is 0.143 e. The van der Waals surface area contributed by atoms with Gasteiger partial charge in [0.25, 0.3) is 0 Å². The van der Waals surface area contributed by atoms with Gasteiger partial charge < -0.3 is 15.6 Å². The van der Waals surface area contributed by atoms with Gasteiger partial charge in [-0.25, -0.2) is 0 Å². The average Bonchev–Trinajstić information content (AvgIpc) is 2.16. The molecule has 5 heteroatoms. The standard InChI is InChI=1S/C10H13Cl2NO2/c1-10(14,5-13)7-3-6(11)4-8(12)9(7)15-2/h3-4,14H,5,13H2,1-2H3. The van der Waals surface area contributed by atoms with Crippen LogP contribution in [0.4, 0.5) is 0 Å². The van der Waals surface area contributed by atoms with Gasteiger partial charge in [0.2, 0.25) is 0 Å². The van der Waals surface area contributed by atoms with Gasteiger partial charge in [0.15, 0.2) is 0 Å². The van der Waals surface area contributed by atoms with Crippen molar-refractivity contribution in [3.8, 4) is 5.75 Å². The highest BCUT2D eigenvalue weighted by molar-refractivity contribution is 6.35. The molecule has 1 unspecified atom stereocenters. The monoisotopic (exact) mass is 249 g/mol. The minimum absolute atomic E-state index is 0.0556. The van der Waals surface area contributed by atoms with Crippen LogP contribution in [-0.4, -0.2) is 18.8 Å². The van der Waals surface area contributed by atoms with Crippen molar-refractivity contribution < 1.29 is 9.84 Å². The van der Waals surface area contributed by atoms with Crippen molar-refractivity contribution in [3.63, 3.8) is 0 Å². The molecule has 0 heterocycles. The van der Waals surface area contributed by atoms with Gasteiger partial charge in [-0.05, 0) is 19.1 Å². The molecule has 0 aliphatic rings. The fourth-order valence-electron chi connectivity index (χ4n) is 1.28. The van der Waals surface area contributed by atoms with Gasteiger partial charge >= 0.3 is 0 Å². The second kappa shape index (κ2) is 4.58. The normalized spacial score (nSPS) is 14.8. The zero-order valence-corrected chi connectivity index (χ0v) is 10.1. The molecule has 0 amide bonds. The number of hydrogen-bond donors (Lipinski definition) is 2. The van der Waals surface area contributed by atoms with Crippen LogP contribution in [0.1, 0.15) is 12.5 Å². The predicted octanol–water partition coefficient (Wildman–Crippen LogP) is 2.17. The van der Waals surface area contributed by atoms with Crippen LogP contribution in [0.5, 0.6) is 5.75 Å². The fourth-order valence-corrected chi connectivity index (χ4v) is 1.85. The van der Waals surface area contributed by atoms with E-state index in [-0.39, 0.29) is 6.54 Å². The second-order valence-electron chi connectivity index (χ2n) is 3.45. The summed E-state index contributed by atoms with van der Waals surface area (Å²) in [5.74, 6) is 0.400. The summed E-state index contributed by atoms with van der Waals surface area (Å²) in [5, 5.41) is 10.8. The lowest BCUT2D eigenvalue weighted by molar-refractivity contribution is 0.0641. The van der Waals surface area contributed by atoms with Crippen molar-refractivity contribution in [2.45, 2.75) is 12.5 Å². The first-order valence-electron chi connectivity index (χ1n) is 4.38. The van der Waals surface area contributed by atoms with Gasteiger partial charge in [0.05, 0.1) is 12.1 Å². The number of ether oxygens (including phenoxy) is 1. The predicted molar refractivity (Wildman–Crippen MR) is 61.6 cm³/mol. The van der Waals surface area contributed by atoms with Gasteiger partial charge in [-0.1, -0.05) is 23.2 Å². The van der Waals surface area contributed by atoms with Crippen LogP contribution in [0.15, 0.2) is 12.1 Å². The Bertz CT molecular complexity index is 367. The molecule has 0 fully saturated rings. The molecule has 0 aromatic heterocycles. The Hall–Kier alpha value is -0.480. The van der Waals surface area contributed by atoms with Crippen LogP contribution < -0.4 is 10.5 Å². The quantitative estimate of drug-likeness (QED) is 0.864. The fraction of sp³-hybridized carbons (Fsp3) is 0.400. The first kappa shape index (κ1) is 12.6. The van der Waals surface area contributed by atoms with E-state index in [0.717, 1.165) is 0 Å². The number of halogens is 2. The summed E-state index contributed by atoms with van der Waals surface area (Å²) in [6.45, 7) is 1.64. The number of hydrogen-bond acceptors (Lipinski definition) is 3. The lowest BCUT2D eigenvalue weighted by Gasteiger charge is -2.24. The van der Waals surface area contributed by atoms with Crippen molar-refractivity contribution in [1.82, 2.24) is 0 Å². The molecule has 1 aromatic carbocycles.